The summed E-state index contributed by atoms with van der Waals surface area (Å²) < 4.78 is 34.7. The lowest BCUT2D eigenvalue weighted by molar-refractivity contribution is -0.139. The molecule has 1 atom stereocenters. The van der Waals surface area contributed by atoms with Gasteiger partial charge in [-0.3, -0.25) is 13.9 Å². The zero-order valence-corrected chi connectivity index (χ0v) is 26.0. The lowest BCUT2D eigenvalue weighted by Crippen LogP contribution is -2.51. The third-order valence-corrected chi connectivity index (χ3v) is 8.80. The van der Waals surface area contributed by atoms with Crippen LogP contribution < -0.4 is 14.4 Å². The summed E-state index contributed by atoms with van der Waals surface area (Å²) in [5, 5.41) is 3.88. The summed E-state index contributed by atoms with van der Waals surface area (Å²) in [5.74, 6) is -0.729. The second-order valence-corrected chi connectivity index (χ2v) is 12.2. The minimum absolute atomic E-state index is 0.0580. The first-order valence-corrected chi connectivity index (χ1v) is 15.6. The number of rotatable bonds is 13. The molecular formula is C29H32Cl3N3O5S. The zero-order valence-electron chi connectivity index (χ0n) is 22.9. The van der Waals surface area contributed by atoms with E-state index in [1.54, 1.807) is 56.3 Å². The minimum atomic E-state index is -4.28. The van der Waals surface area contributed by atoms with Gasteiger partial charge in [0.25, 0.3) is 10.0 Å². The molecule has 0 saturated carbocycles. The fourth-order valence-electron chi connectivity index (χ4n) is 4.00. The van der Waals surface area contributed by atoms with E-state index in [9.17, 15) is 18.0 Å². The van der Waals surface area contributed by atoms with Gasteiger partial charge in [0.15, 0.2) is 0 Å². The van der Waals surface area contributed by atoms with Gasteiger partial charge in [-0.05, 0) is 74.4 Å². The van der Waals surface area contributed by atoms with E-state index in [-0.39, 0.29) is 35.4 Å². The van der Waals surface area contributed by atoms with E-state index in [4.69, 9.17) is 39.5 Å². The molecule has 8 nitrogen and oxygen atoms in total. The van der Waals surface area contributed by atoms with Crippen LogP contribution in [0, 0.1) is 0 Å². The fourth-order valence-corrected chi connectivity index (χ4v) is 6.02. The molecule has 0 bridgehead atoms. The van der Waals surface area contributed by atoms with Gasteiger partial charge < -0.3 is 15.0 Å². The first-order valence-electron chi connectivity index (χ1n) is 13.0. The van der Waals surface area contributed by atoms with Crippen molar-refractivity contribution in [1.82, 2.24) is 10.2 Å². The van der Waals surface area contributed by atoms with Gasteiger partial charge in [-0.25, -0.2) is 8.42 Å². The highest BCUT2D eigenvalue weighted by Crippen LogP contribution is 2.33. The van der Waals surface area contributed by atoms with Crippen molar-refractivity contribution in [3.8, 4) is 5.75 Å². The van der Waals surface area contributed by atoms with E-state index >= 15 is 0 Å². The summed E-state index contributed by atoms with van der Waals surface area (Å²) in [6, 6.07) is 16.1. The largest absolute Gasteiger partial charge is 0.492 e. The summed E-state index contributed by atoms with van der Waals surface area (Å²) in [6.45, 7) is 5.29. The van der Waals surface area contributed by atoms with E-state index in [2.05, 4.69) is 5.32 Å². The van der Waals surface area contributed by atoms with Crippen LogP contribution in [0.15, 0.2) is 71.6 Å². The molecule has 0 aromatic heterocycles. The molecule has 1 N–H and O–H groups in total. The minimum Gasteiger partial charge on any atom is -0.492 e. The number of hydrogen-bond acceptors (Lipinski definition) is 5. The van der Waals surface area contributed by atoms with Crippen molar-refractivity contribution in [2.24, 2.45) is 0 Å². The van der Waals surface area contributed by atoms with Crippen LogP contribution in [-0.2, 0) is 26.2 Å². The molecule has 0 heterocycles. The number of anilines is 1. The topological polar surface area (TPSA) is 96.0 Å². The summed E-state index contributed by atoms with van der Waals surface area (Å²) >= 11 is 18.5. The quantitative estimate of drug-likeness (QED) is 0.241. The Bertz CT molecular complexity index is 1470. The van der Waals surface area contributed by atoms with E-state index < -0.39 is 28.5 Å². The summed E-state index contributed by atoms with van der Waals surface area (Å²) in [5.41, 5.74) is 0.714. The third-order valence-electron chi connectivity index (χ3n) is 6.19. The second-order valence-electron chi connectivity index (χ2n) is 9.09. The Kier molecular flexibility index (Phi) is 11.7. The number of sulfonamides is 1. The highest BCUT2D eigenvalue weighted by molar-refractivity contribution is 7.92. The lowest BCUT2D eigenvalue weighted by atomic mass is 10.1. The summed E-state index contributed by atoms with van der Waals surface area (Å²) in [4.78, 5) is 28.3. The van der Waals surface area contributed by atoms with Crippen LogP contribution in [0.2, 0.25) is 15.1 Å². The zero-order chi connectivity index (χ0) is 30.2. The number of carbonyl (C=O) groups is 2. The monoisotopic (exact) mass is 639 g/mol. The van der Waals surface area contributed by atoms with Crippen LogP contribution >= 0.6 is 34.8 Å². The van der Waals surface area contributed by atoms with E-state index in [1.165, 1.54) is 29.2 Å². The number of halogens is 3. The molecule has 220 valence electrons. The molecule has 12 heteroatoms. The van der Waals surface area contributed by atoms with Crippen LogP contribution in [0.5, 0.6) is 5.75 Å². The van der Waals surface area contributed by atoms with Gasteiger partial charge in [-0.1, -0.05) is 59.9 Å². The Morgan fingerprint density at radius 3 is 2.24 bits per heavy atom. The molecule has 0 spiro atoms. The van der Waals surface area contributed by atoms with Crippen molar-refractivity contribution in [3.05, 3.63) is 87.4 Å². The van der Waals surface area contributed by atoms with E-state index in [0.717, 1.165) is 4.31 Å². The first kappa shape index (κ1) is 32.5. The fraction of sp³-hybridized carbons (Fsp3) is 0.310. The Hall–Kier alpha value is -2.98. The SMILES string of the molecule is CCCNC(=O)C(C)N(Cc1ccc(Cl)cc1Cl)C(=O)CN(c1ccccc1OCC)S(=O)(=O)c1ccc(Cl)cc1. The van der Waals surface area contributed by atoms with Gasteiger partial charge in [0.05, 0.1) is 17.2 Å². The summed E-state index contributed by atoms with van der Waals surface area (Å²) in [7, 11) is -4.28. The number of nitrogens with zero attached hydrogens (tertiary/aromatic N) is 2. The normalized spacial score (nSPS) is 12.0. The Morgan fingerprint density at radius 1 is 0.951 bits per heavy atom. The molecule has 2 amide bonds. The Balaban J connectivity index is 2.09. The van der Waals surface area contributed by atoms with Gasteiger partial charge in [0.2, 0.25) is 11.8 Å². The summed E-state index contributed by atoms with van der Waals surface area (Å²) in [6.07, 6.45) is 0.705. The molecule has 0 saturated heterocycles. The van der Waals surface area contributed by atoms with Gasteiger partial charge in [0.1, 0.15) is 18.3 Å². The number of hydrogen-bond donors (Lipinski definition) is 1. The average Bonchev–Trinajstić information content (AvgIpc) is 2.94. The van der Waals surface area contributed by atoms with Gasteiger partial charge >= 0.3 is 0 Å². The van der Waals surface area contributed by atoms with Gasteiger partial charge in [-0.2, -0.15) is 0 Å². The maximum atomic E-state index is 14.0. The predicted molar refractivity (Wildman–Crippen MR) is 163 cm³/mol. The number of para-hydroxylation sites is 2. The first-order chi connectivity index (χ1) is 19.5. The third kappa shape index (κ3) is 8.29. The second kappa shape index (κ2) is 14.8. The average molecular weight is 641 g/mol. The van der Waals surface area contributed by atoms with Crippen LogP contribution in [0.4, 0.5) is 5.69 Å². The van der Waals surface area contributed by atoms with Gasteiger partial charge in [-0.15, -0.1) is 0 Å². The van der Waals surface area contributed by atoms with Crippen molar-refractivity contribution in [3.63, 3.8) is 0 Å². The van der Waals surface area contributed by atoms with Crippen LogP contribution in [-0.4, -0.2) is 50.9 Å². The van der Waals surface area contributed by atoms with Gasteiger partial charge in [0, 0.05) is 28.2 Å². The molecule has 0 radical (unpaired) electrons. The molecule has 3 aromatic rings. The number of benzene rings is 3. The Labute approximate surface area is 256 Å². The highest BCUT2D eigenvalue weighted by Gasteiger charge is 2.34. The molecule has 41 heavy (non-hydrogen) atoms. The smallest absolute Gasteiger partial charge is 0.264 e. The number of carbonyl (C=O) groups excluding carboxylic acids is 2. The molecule has 0 aliphatic carbocycles. The standard InChI is InChI=1S/C29H32Cl3N3O5S/c1-4-16-33-29(37)20(3)34(18-21-10-11-23(31)17-25(21)32)28(36)19-35(26-8-6-7-9-27(26)40-5-2)41(38,39)24-14-12-22(30)13-15-24/h6-15,17,20H,4-5,16,18-19H2,1-3H3,(H,33,37). The molecule has 1 unspecified atom stereocenters. The maximum Gasteiger partial charge on any atom is 0.264 e. The van der Waals surface area contributed by atoms with Crippen LogP contribution in [0.3, 0.4) is 0 Å². The number of ether oxygens (including phenoxy) is 1. The lowest BCUT2D eigenvalue weighted by Gasteiger charge is -2.32. The van der Waals surface area contributed by atoms with Crippen molar-refractivity contribution in [1.29, 1.82) is 0 Å². The van der Waals surface area contributed by atoms with Crippen LogP contribution in [0.25, 0.3) is 0 Å². The molecule has 0 aliphatic heterocycles. The van der Waals surface area contributed by atoms with Crippen molar-refractivity contribution in [2.45, 2.75) is 44.7 Å². The molecule has 0 fully saturated rings. The van der Waals surface area contributed by atoms with Crippen molar-refractivity contribution >= 4 is 62.3 Å². The highest BCUT2D eigenvalue weighted by atomic mass is 35.5. The molecule has 0 aliphatic rings. The van der Waals surface area contributed by atoms with Crippen molar-refractivity contribution < 1.29 is 22.7 Å². The molecule has 3 rings (SSSR count). The molecular weight excluding hydrogens is 609 g/mol. The Morgan fingerprint density at radius 2 is 1.61 bits per heavy atom. The van der Waals surface area contributed by atoms with E-state index in [0.29, 0.717) is 33.6 Å². The van der Waals surface area contributed by atoms with E-state index in [1.807, 2.05) is 6.92 Å². The van der Waals surface area contributed by atoms with Crippen molar-refractivity contribution in [2.75, 3.05) is 24.0 Å². The predicted octanol–water partition coefficient (Wildman–Crippen LogP) is 6.18. The number of amides is 2. The maximum absolute atomic E-state index is 14.0. The van der Waals surface area contributed by atoms with Crippen LogP contribution in [0.1, 0.15) is 32.8 Å². The number of nitrogens with one attached hydrogen (secondary N) is 1. The molecule has 3 aromatic carbocycles.